The lowest BCUT2D eigenvalue weighted by atomic mass is 10.5. The minimum Gasteiger partial charge on any atom is -0.502 e. The predicted molar refractivity (Wildman–Crippen MR) is 83.3 cm³/mol. The van der Waals surface area contributed by atoms with Crippen LogP contribution >= 0.6 is 0 Å². The first-order valence-corrected chi connectivity index (χ1v) is 12.4. The van der Waals surface area contributed by atoms with E-state index in [9.17, 15) is 0 Å². The molecule has 0 atom stereocenters. The molecular formula is C14H30OSi2. The van der Waals surface area contributed by atoms with E-state index in [1.54, 1.807) is 0 Å². The van der Waals surface area contributed by atoms with Gasteiger partial charge in [-0.05, 0) is 36.3 Å². The van der Waals surface area contributed by atoms with Crippen molar-refractivity contribution in [2.45, 2.75) is 77.8 Å². The second-order valence-corrected chi connectivity index (χ2v) is 16.8. The van der Waals surface area contributed by atoms with E-state index in [0.29, 0.717) is 16.6 Å². The molecule has 17 heavy (non-hydrogen) atoms. The van der Waals surface area contributed by atoms with Gasteiger partial charge >= 0.3 is 0 Å². The molecule has 0 amide bonds. The molecule has 0 aromatic carbocycles. The van der Waals surface area contributed by atoms with Gasteiger partial charge in [0.25, 0.3) is 8.32 Å². The molecule has 0 aromatic heterocycles. The monoisotopic (exact) mass is 270 g/mol. The molecule has 3 heteroatoms. The first kappa shape index (κ1) is 16.8. The molecular weight excluding hydrogens is 240 g/mol. The highest BCUT2D eigenvalue weighted by molar-refractivity contribution is 6.90. The van der Waals surface area contributed by atoms with Crippen molar-refractivity contribution >= 4 is 16.4 Å². The Labute approximate surface area is 110 Å². The van der Waals surface area contributed by atoms with Gasteiger partial charge in [-0.15, -0.1) is 0 Å². The maximum Gasteiger partial charge on any atom is 0.255 e. The topological polar surface area (TPSA) is 9.23 Å². The lowest BCUT2D eigenvalue weighted by Crippen LogP contribution is -2.43. The molecule has 0 unspecified atom stereocenters. The normalized spacial score (nSPS) is 12.9. The fourth-order valence-corrected chi connectivity index (χ4v) is 8.25. The zero-order valence-corrected chi connectivity index (χ0v) is 15.1. The van der Waals surface area contributed by atoms with Crippen molar-refractivity contribution < 1.29 is 4.43 Å². The molecule has 0 radical (unpaired) electrons. The van der Waals surface area contributed by atoms with Gasteiger partial charge in [0.15, 0.2) is 0 Å². The van der Waals surface area contributed by atoms with Crippen LogP contribution in [0.25, 0.3) is 0 Å². The van der Waals surface area contributed by atoms with E-state index in [1.807, 2.05) is 0 Å². The predicted octanol–water partition coefficient (Wildman–Crippen LogP) is 5.02. The van der Waals surface area contributed by atoms with Gasteiger partial charge in [0.1, 0.15) is 8.07 Å². The van der Waals surface area contributed by atoms with Gasteiger partial charge in [0.05, 0.1) is 6.11 Å². The molecule has 0 N–H and O–H groups in total. The molecule has 0 heterocycles. The summed E-state index contributed by atoms with van der Waals surface area (Å²) >= 11 is 0. The lowest BCUT2D eigenvalue weighted by Gasteiger charge is -2.37. The first-order chi connectivity index (χ1) is 7.54. The fourth-order valence-electron chi connectivity index (χ4n) is 2.70. The van der Waals surface area contributed by atoms with Crippen LogP contribution in [0.5, 0.6) is 0 Å². The van der Waals surface area contributed by atoms with E-state index in [-0.39, 0.29) is 0 Å². The van der Waals surface area contributed by atoms with Crippen molar-refractivity contribution in [1.29, 1.82) is 0 Å². The summed E-state index contributed by atoms with van der Waals surface area (Å²) in [6, 6.07) is 0. The van der Waals surface area contributed by atoms with E-state index < -0.39 is 16.4 Å². The molecule has 0 saturated carbocycles. The molecule has 0 aliphatic rings. The number of hydrogen-bond donors (Lipinski definition) is 0. The summed E-state index contributed by atoms with van der Waals surface area (Å²) < 4.78 is 5.75. The molecule has 0 aromatic rings. The Balaban J connectivity index is 5.20. The van der Waals surface area contributed by atoms with Gasteiger partial charge in [-0.2, -0.15) is 0 Å². The minimum absolute atomic E-state index is 0.681. The third-order valence-electron chi connectivity index (χ3n) is 3.49. The summed E-state index contributed by atoms with van der Waals surface area (Å²) in [5, 5.41) is 0. The molecule has 0 rings (SSSR count). The highest BCUT2D eigenvalue weighted by Gasteiger charge is 2.42. The fraction of sp³-hybridized carbons (Fsp3) is 0.857. The largest absolute Gasteiger partial charge is 0.502 e. The Morgan fingerprint density at radius 2 is 1.12 bits per heavy atom. The summed E-state index contributed by atoms with van der Waals surface area (Å²) in [7, 11) is -3.10. The van der Waals surface area contributed by atoms with E-state index in [1.165, 1.54) is 0 Å². The average molecular weight is 271 g/mol. The molecule has 0 fully saturated rings. The summed E-state index contributed by atoms with van der Waals surface area (Å²) in [5.74, 6) is 0. The van der Waals surface area contributed by atoms with Gasteiger partial charge in [0, 0.05) is 0 Å². The van der Waals surface area contributed by atoms with Gasteiger partial charge < -0.3 is 4.43 Å². The average Bonchev–Trinajstić information content (AvgIpc) is 2.08. The van der Waals surface area contributed by atoms with Crippen molar-refractivity contribution in [2.24, 2.45) is 0 Å². The van der Waals surface area contributed by atoms with E-state index >= 15 is 0 Å². The number of rotatable bonds is 4. The zero-order chi connectivity index (χ0) is 13.9. The van der Waals surface area contributed by atoms with Gasteiger partial charge in [0.2, 0.25) is 0 Å². The Hall–Kier alpha value is -0.206. The van der Waals surface area contributed by atoms with Gasteiger partial charge in [-0.1, -0.05) is 47.1 Å². The summed E-state index contributed by atoms with van der Waals surface area (Å²) in [5.41, 5.74) is 5.63. The maximum atomic E-state index is 5.75. The summed E-state index contributed by atoms with van der Waals surface area (Å²) in [6.45, 7) is 20.5. The van der Waals surface area contributed by atoms with E-state index in [0.717, 1.165) is 0 Å². The Morgan fingerprint density at radius 3 is 1.35 bits per heavy atom. The Bertz CT molecular complexity index is 268. The summed E-state index contributed by atoms with van der Waals surface area (Å²) in [6.07, 6.45) is 3.08. The standard InChI is InChI=1S/C14H30OSi2/c1-12(2)17(13(3)4,14(5)6)11-10-15-16(7,8)9/h12-14H,1-9H3. The molecule has 0 spiro atoms. The quantitative estimate of drug-likeness (QED) is 0.515. The summed E-state index contributed by atoms with van der Waals surface area (Å²) in [4.78, 5) is 0. The third kappa shape index (κ3) is 4.52. The van der Waals surface area contributed by atoms with Crippen LogP contribution in [0, 0.1) is 11.7 Å². The van der Waals surface area contributed by atoms with Crippen LogP contribution in [0.4, 0.5) is 0 Å². The van der Waals surface area contributed by atoms with Crippen LogP contribution in [0.1, 0.15) is 41.5 Å². The van der Waals surface area contributed by atoms with Crippen LogP contribution in [-0.4, -0.2) is 16.4 Å². The van der Waals surface area contributed by atoms with Crippen molar-refractivity contribution in [1.82, 2.24) is 0 Å². The molecule has 0 aliphatic carbocycles. The second-order valence-electron chi connectivity index (χ2n) is 6.84. The SMILES string of the molecule is CC(C)[Si](C#CO[Si](C)(C)C)(C(C)C)C(C)C. The second kappa shape index (κ2) is 6.11. The van der Waals surface area contributed by atoms with Crippen LogP contribution in [0.15, 0.2) is 0 Å². The van der Waals surface area contributed by atoms with Crippen LogP contribution in [0.2, 0.25) is 36.3 Å². The minimum atomic E-state index is -1.59. The van der Waals surface area contributed by atoms with Crippen LogP contribution in [-0.2, 0) is 4.43 Å². The van der Waals surface area contributed by atoms with Crippen molar-refractivity contribution in [3.63, 3.8) is 0 Å². The molecule has 0 bridgehead atoms. The van der Waals surface area contributed by atoms with Gasteiger partial charge in [-0.3, -0.25) is 0 Å². The third-order valence-corrected chi connectivity index (χ3v) is 10.5. The van der Waals surface area contributed by atoms with Crippen molar-refractivity contribution in [3.05, 3.63) is 0 Å². The van der Waals surface area contributed by atoms with Crippen LogP contribution < -0.4 is 0 Å². The van der Waals surface area contributed by atoms with Crippen molar-refractivity contribution in [3.8, 4) is 11.7 Å². The first-order valence-electron chi connectivity index (χ1n) is 6.74. The Kier molecular flexibility index (Phi) is 6.03. The molecule has 0 aliphatic heterocycles. The lowest BCUT2D eigenvalue weighted by molar-refractivity contribution is 0.519. The van der Waals surface area contributed by atoms with Crippen molar-refractivity contribution in [2.75, 3.05) is 0 Å². The highest BCUT2D eigenvalue weighted by Crippen LogP contribution is 2.40. The van der Waals surface area contributed by atoms with Crippen LogP contribution in [0.3, 0.4) is 0 Å². The maximum absolute atomic E-state index is 5.75. The highest BCUT2D eigenvalue weighted by atomic mass is 28.4. The van der Waals surface area contributed by atoms with Gasteiger partial charge in [-0.25, -0.2) is 0 Å². The number of hydrogen-bond acceptors (Lipinski definition) is 1. The Morgan fingerprint density at radius 1 is 0.765 bits per heavy atom. The smallest absolute Gasteiger partial charge is 0.255 e. The van der Waals surface area contributed by atoms with E-state index in [2.05, 4.69) is 72.8 Å². The zero-order valence-electron chi connectivity index (χ0n) is 13.1. The molecule has 0 saturated heterocycles. The molecule has 1 nitrogen and oxygen atoms in total. The van der Waals surface area contributed by atoms with E-state index in [4.69, 9.17) is 4.43 Å². The molecule has 100 valence electrons.